The van der Waals surface area contributed by atoms with Crippen LogP contribution in [0.2, 0.25) is 0 Å². The van der Waals surface area contributed by atoms with Crippen molar-refractivity contribution in [3.63, 3.8) is 0 Å². The molecule has 0 heterocycles. The van der Waals surface area contributed by atoms with Crippen molar-refractivity contribution in [2.24, 2.45) is 5.41 Å². The summed E-state index contributed by atoms with van der Waals surface area (Å²) in [6.45, 7) is 16.8. The maximum Gasteiger partial charge on any atom is 0.224 e. The minimum atomic E-state index is -0.0651. The Labute approximate surface area is 161 Å². The first-order chi connectivity index (χ1) is 12.0. The highest BCUT2D eigenvalue weighted by Crippen LogP contribution is 2.17. The molecule has 5 heteroatoms. The average Bonchev–Trinajstić information content (AvgIpc) is 2.50. The van der Waals surface area contributed by atoms with Crippen molar-refractivity contribution in [1.82, 2.24) is 4.90 Å². The third-order valence-electron chi connectivity index (χ3n) is 3.93. The molecule has 0 aliphatic heterocycles. The predicted octanol–water partition coefficient (Wildman–Crippen LogP) is 4.29. The van der Waals surface area contributed by atoms with Gasteiger partial charge in [0, 0.05) is 26.8 Å². The molecule has 0 aromatic heterocycles. The molecule has 0 aromatic rings. The number of amides is 1. The molecule has 0 atom stereocenters. The molecule has 0 rings (SSSR count). The van der Waals surface area contributed by atoms with Crippen LogP contribution in [0.5, 0.6) is 0 Å². The van der Waals surface area contributed by atoms with Gasteiger partial charge in [-0.05, 0) is 51.9 Å². The van der Waals surface area contributed by atoms with E-state index in [-0.39, 0.29) is 11.5 Å². The van der Waals surface area contributed by atoms with Crippen molar-refractivity contribution < 1.29 is 19.0 Å². The summed E-state index contributed by atoms with van der Waals surface area (Å²) >= 11 is 0. The number of rotatable bonds is 14. The quantitative estimate of drug-likeness (QED) is 0.426. The number of carbonyl (C=O) groups is 1. The zero-order valence-electron chi connectivity index (χ0n) is 18.4. The summed E-state index contributed by atoms with van der Waals surface area (Å²) in [4.78, 5) is 13.8. The van der Waals surface area contributed by atoms with Crippen molar-refractivity contribution in [3.8, 4) is 0 Å². The molecule has 0 spiro atoms. The molecule has 0 saturated heterocycles. The van der Waals surface area contributed by atoms with Crippen LogP contribution < -0.4 is 0 Å². The number of carbonyl (C=O) groups excluding carboxylic acids is 1. The van der Waals surface area contributed by atoms with Gasteiger partial charge in [0.2, 0.25) is 5.91 Å². The van der Waals surface area contributed by atoms with Gasteiger partial charge < -0.3 is 19.1 Å². The summed E-state index contributed by atoms with van der Waals surface area (Å²) in [6.07, 6.45) is 4.61. The van der Waals surface area contributed by atoms with Crippen LogP contribution in [0.1, 0.15) is 73.6 Å². The van der Waals surface area contributed by atoms with Crippen LogP contribution in [0.15, 0.2) is 0 Å². The van der Waals surface area contributed by atoms with Gasteiger partial charge in [0.05, 0.1) is 31.8 Å². The van der Waals surface area contributed by atoms with Crippen LogP contribution in [0.4, 0.5) is 0 Å². The van der Waals surface area contributed by atoms with Crippen LogP contribution in [-0.4, -0.2) is 63.0 Å². The first-order valence-corrected chi connectivity index (χ1v) is 10.0. The Bertz CT molecular complexity index is 358. The molecule has 0 aliphatic carbocycles. The van der Waals surface area contributed by atoms with Crippen molar-refractivity contribution in [1.29, 1.82) is 0 Å². The number of nitrogens with zero attached hydrogens (tertiary/aromatic N) is 1. The lowest BCUT2D eigenvalue weighted by atomic mass is 9.93. The first-order valence-electron chi connectivity index (χ1n) is 10.0. The van der Waals surface area contributed by atoms with E-state index in [4.69, 9.17) is 14.2 Å². The van der Waals surface area contributed by atoms with Crippen LogP contribution in [0.3, 0.4) is 0 Å². The van der Waals surface area contributed by atoms with Gasteiger partial charge in [0.1, 0.15) is 0 Å². The zero-order chi connectivity index (χ0) is 20.1. The fourth-order valence-corrected chi connectivity index (χ4v) is 2.18. The van der Waals surface area contributed by atoms with E-state index in [0.29, 0.717) is 31.7 Å². The van der Waals surface area contributed by atoms with E-state index >= 15 is 0 Å². The van der Waals surface area contributed by atoms with Gasteiger partial charge in [-0.25, -0.2) is 0 Å². The second-order valence-electron chi connectivity index (χ2n) is 9.12. The van der Waals surface area contributed by atoms with Crippen molar-refractivity contribution in [3.05, 3.63) is 0 Å². The SMILES string of the molecule is CN(CCCCCOC(C)(C)C)C(=O)CCOCCOCCC(C)(C)C. The number of hydrogen-bond donors (Lipinski definition) is 0. The lowest BCUT2D eigenvalue weighted by Gasteiger charge is -2.20. The highest BCUT2D eigenvalue weighted by Gasteiger charge is 2.11. The van der Waals surface area contributed by atoms with E-state index in [2.05, 4.69) is 41.5 Å². The highest BCUT2D eigenvalue weighted by molar-refractivity contribution is 5.75. The van der Waals surface area contributed by atoms with E-state index in [1.54, 1.807) is 4.90 Å². The van der Waals surface area contributed by atoms with Gasteiger partial charge >= 0.3 is 0 Å². The van der Waals surface area contributed by atoms with E-state index in [1.807, 2.05) is 7.05 Å². The molecule has 5 nitrogen and oxygen atoms in total. The minimum Gasteiger partial charge on any atom is -0.379 e. The maximum atomic E-state index is 12.0. The largest absolute Gasteiger partial charge is 0.379 e. The Morgan fingerprint density at radius 2 is 1.42 bits per heavy atom. The predicted molar refractivity (Wildman–Crippen MR) is 108 cm³/mol. The summed E-state index contributed by atoms with van der Waals surface area (Å²) in [5.74, 6) is 0.143. The summed E-state index contributed by atoms with van der Waals surface area (Å²) in [5, 5.41) is 0. The Balaban J connectivity index is 3.48. The van der Waals surface area contributed by atoms with Gasteiger partial charge in [-0.1, -0.05) is 20.8 Å². The van der Waals surface area contributed by atoms with Gasteiger partial charge in [-0.2, -0.15) is 0 Å². The smallest absolute Gasteiger partial charge is 0.224 e. The first kappa shape index (κ1) is 25.4. The maximum absolute atomic E-state index is 12.0. The fraction of sp³-hybridized carbons (Fsp3) is 0.952. The van der Waals surface area contributed by atoms with E-state index in [0.717, 1.165) is 45.4 Å². The molecule has 0 unspecified atom stereocenters. The Morgan fingerprint density at radius 3 is 2.00 bits per heavy atom. The Kier molecular flexibility index (Phi) is 13.2. The molecule has 1 amide bonds. The molecule has 0 radical (unpaired) electrons. The fourth-order valence-electron chi connectivity index (χ4n) is 2.18. The molecule has 156 valence electrons. The van der Waals surface area contributed by atoms with Crippen molar-refractivity contribution in [2.45, 2.75) is 79.2 Å². The molecule has 0 aromatic carbocycles. The second kappa shape index (κ2) is 13.5. The molecule has 0 fully saturated rings. The highest BCUT2D eigenvalue weighted by atomic mass is 16.5. The summed E-state index contributed by atoms with van der Waals surface area (Å²) in [6, 6.07) is 0. The standard InChI is InChI=1S/C21H43NO4/c1-20(2,3)12-16-25-18-17-24-15-11-19(23)22(7)13-9-8-10-14-26-21(4,5)6/h8-18H2,1-7H3. The lowest BCUT2D eigenvalue weighted by molar-refractivity contribution is -0.131. The number of unbranched alkanes of at least 4 members (excludes halogenated alkanes) is 2. The molecule has 0 bridgehead atoms. The van der Waals surface area contributed by atoms with E-state index < -0.39 is 0 Å². The van der Waals surface area contributed by atoms with Gasteiger partial charge in [0.25, 0.3) is 0 Å². The molecule has 0 N–H and O–H groups in total. The van der Waals surface area contributed by atoms with Gasteiger partial charge in [0.15, 0.2) is 0 Å². The molecular formula is C21H43NO4. The van der Waals surface area contributed by atoms with Crippen LogP contribution >= 0.6 is 0 Å². The number of hydrogen-bond acceptors (Lipinski definition) is 4. The molecule has 26 heavy (non-hydrogen) atoms. The monoisotopic (exact) mass is 373 g/mol. The van der Waals surface area contributed by atoms with E-state index in [9.17, 15) is 4.79 Å². The molecule has 0 saturated carbocycles. The van der Waals surface area contributed by atoms with Crippen LogP contribution in [-0.2, 0) is 19.0 Å². The Morgan fingerprint density at radius 1 is 0.808 bits per heavy atom. The van der Waals surface area contributed by atoms with E-state index in [1.165, 1.54) is 0 Å². The second-order valence-corrected chi connectivity index (χ2v) is 9.12. The third-order valence-corrected chi connectivity index (χ3v) is 3.93. The Hall–Kier alpha value is -0.650. The molecule has 0 aliphatic rings. The normalized spacial score (nSPS) is 12.4. The van der Waals surface area contributed by atoms with Gasteiger partial charge in [-0.15, -0.1) is 0 Å². The zero-order valence-corrected chi connectivity index (χ0v) is 18.4. The topological polar surface area (TPSA) is 48.0 Å². The summed E-state index contributed by atoms with van der Waals surface area (Å²) < 4.78 is 16.7. The van der Waals surface area contributed by atoms with Crippen molar-refractivity contribution >= 4 is 5.91 Å². The van der Waals surface area contributed by atoms with Crippen molar-refractivity contribution in [2.75, 3.05) is 46.6 Å². The average molecular weight is 374 g/mol. The summed E-state index contributed by atoms with van der Waals surface area (Å²) in [7, 11) is 1.86. The third kappa shape index (κ3) is 18.2. The van der Waals surface area contributed by atoms with Crippen LogP contribution in [0, 0.1) is 5.41 Å². The van der Waals surface area contributed by atoms with Gasteiger partial charge in [-0.3, -0.25) is 4.79 Å². The molecular weight excluding hydrogens is 330 g/mol. The van der Waals surface area contributed by atoms with Crippen LogP contribution in [0.25, 0.3) is 0 Å². The number of ether oxygens (including phenoxy) is 3. The summed E-state index contributed by atoms with van der Waals surface area (Å²) in [5.41, 5.74) is 0.238. The minimum absolute atomic E-state index is 0.0651. The lowest BCUT2D eigenvalue weighted by Crippen LogP contribution is -2.28.